The molecule has 22 heavy (non-hydrogen) atoms. The molecule has 1 N–H and O–H groups in total. The van der Waals surface area contributed by atoms with Gasteiger partial charge in [0.05, 0.1) is 24.8 Å². The zero-order chi connectivity index (χ0) is 16.1. The predicted molar refractivity (Wildman–Crippen MR) is 79.2 cm³/mol. The Bertz CT molecular complexity index is 648. The first kappa shape index (κ1) is 15.0. The number of carbonyl (C=O) groups excluding carboxylic acids is 1. The second-order valence-electron chi connectivity index (χ2n) is 6.16. The topological polar surface area (TPSA) is 54.5 Å². The summed E-state index contributed by atoms with van der Waals surface area (Å²) >= 11 is 0. The molecule has 3 rings (SSSR count). The molecule has 3 heterocycles. The van der Waals surface area contributed by atoms with E-state index in [0.717, 1.165) is 0 Å². The fraction of sp³-hybridized carbons (Fsp3) is 0.500. The Hall–Kier alpha value is -1.95. The Morgan fingerprint density at radius 2 is 2.32 bits per heavy atom. The minimum absolute atomic E-state index is 0.0466. The lowest BCUT2D eigenvalue weighted by molar-refractivity contribution is -0.153. The molecule has 1 amide bonds. The van der Waals surface area contributed by atoms with E-state index in [-0.39, 0.29) is 18.6 Å². The van der Waals surface area contributed by atoms with Crippen LogP contribution in [-0.2, 0) is 15.1 Å². The normalized spacial score (nSPS) is 31.7. The number of hydrogen-bond acceptors (Lipinski definition) is 4. The van der Waals surface area contributed by atoms with Crippen LogP contribution in [0.2, 0.25) is 0 Å². The van der Waals surface area contributed by atoms with Crippen molar-refractivity contribution in [3.63, 3.8) is 0 Å². The van der Waals surface area contributed by atoms with Crippen molar-refractivity contribution in [2.24, 2.45) is 5.92 Å². The van der Waals surface area contributed by atoms with Crippen molar-refractivity contribution < 1.29 is 13.9 Å². The number of nitrogens with one attached hydrogen (secondary N) is 1. The van der Waals surface area contributed by atoms with Crippen LogP contribution in [0, 0.1) is 18.7 Å². The number of pyridine rings is 1. The zero-order valence-electron chi connectivity index (χ0n) is 13.0. The third-order valence-corrected chi connectivity index (χ3v) is 4.63. The number of nitrogens with zero attached hydrogens (tertiary/aromatic N) is 2. The van der Waals surface area contributed by atoms with Crippen LogP contribution >= 0.6 is 0 Å². The minimum Gasteiger partial charge on any atom is -0.376 e. The molecule has 0 bridgehead atoms. The van der Waals surface area contributed by atoms with Gasteiger partial charge in [0.1, 0.15) is 17.2 Å². The quantitative estimate of drug-likeness (QED) is 0.858. The molecule has 2 aliphatic rings. The summed E-state index contributed by atoms with van der Waals surface area (Å²) in [5, 5.41) is 3.23. The molecule has 3 atom stereocenters. The first-order valence-corrected chi connectivity index (χ1v) is 7.34. The molecule has 1 aromatic heterocycles. The number of rotatable bonds is 1. The number of fused-ring (bicyclic) bond motifs is 1. The summed E-state index contributed by atoms with van der Waals surface area (Å²) in [5.41, 5.74) is 0.187. The first-order valence-electron chi connectivity index (χ1n) is 7.34. The summed E-state index contributed by atoms with van der Waals surface area (Å²) in [6.07, 6.45) is 1.68. The van der Waals surface area contributed by atoms with Crippen LogP contribution < -0.4 is 5.32 Å². The first-order chi connectivity index (χ1) is 10.3. The third-order valence-electron chi connectivity index (χ3n) is 4.63. The molecule has 0 aliphatic carbocycles. The van der Waals surface area contributed by atoms with Crippen LogP contribution in [0.5, 0.6) is 0 Å². The second-order valence-corrected chi connectivity index (χ2v) is 6.16. The number of amides is 1. The number of aryl methyl sites for hydroxylation is 1. The lowest BCUT2D eigenvalue weighted by atomic mass is 9.72. The van der Waals surface area contributed by atoms with Crippen LogP contribution in [0.3, 0.4) is 0 Å². The zero-order valence-corrected chi connectivity index (χ0v) is 13.0. The van der Waals surface area contributed by atoms with Crippen molar-refractivity contribution in [1.82, 2.24) is 15.2 Å². The van der Waals surface area contributed by atoms with Gasteiger partial charge in [0, 0.05) is 18.3 Å². The highest BCUT2D eigenvalue weighted by molar-refractivity contribution is 5.83. The second kappa shape index (κ2) is 5.05. The monoisotopic (exact) mass is 305 g/mol. The van der Waals surface area contributed by atoms with E-state index in [2.05, 4.69) is 16.9 Å². The summed E-state index contributed by atoms with van der Waals surface area (Å²) in [6, 6.07) is 1.68. The SMILES string of the molecule is C=C1N[C@@]2(c3cc(C)ncc3F)CO[C@@H](C)C[C@H]2C(=O)N1C. The lowest BCUT2D eigenvalue weighted by Crippen LogP contribution is -2.65. The average molecular weight is 305 g/mol. The average Bonchev–Trinajstić information content (AvgIpc) is 2.49. The highest BCUT2D eigenvalue weighted by atomic mass is 19.1. The number of carbonyl (C=O) groups is 1. The van der Waals surface area contributed by atoms with Gasteiger partial charge < -0.3 is 15.0 Å². The van der Waals surface area contributed by atoms with E-state index in [9.17, 15) is 9.18 Å². The smallest absolute Gasteiger partial charge is 0.233 e. The van der Waals surface area contributed by atoms with Gasteiger partial charge in [-0.15, -0.1) is 0 Å². The van der Waals surface area contributed by atoms with Gasteiger partial charge >= 0.3 is 0 Å². The van der Waals surface area contributed by atoms with E-state index in [1.54, 1.807) is 20.0 Å². The molecule has 2 saturated heterocycles. The Balaban J connectivity index is 2.16. The van der Waals surface area contributed by atoms with Gasteiger partial charge in [-0.25, -0.2) is 4.39 Å². The molecule has 118 valence electrons. The fourth-order valence-corrected chi connectivity index (χ4v) is 3.34. The van der Waals surface area contributed by atoms with Gasteiger partial charge in [0.15, 0.2) is 0 Å². The van der Waals surface area contributed by atoms with E-state index in [1.165, 1.54) is 11.1 Å². The molecule has 5 nitrogen and oxygen atoms in total. The Kier molecular flexibility index (Phi) is 3.44. The fourth-order valence-electron chi connectivity index (χ4n) is 3.34. The van der Waals surface area contributed by atoms with Crippen molar-refractivity contribution >= 4 is 5.91 Å². The molecule has 0 radical (unpaired) electrons. The van der Waals surface area contributed by atoms with Gasteiger partial charge in [-0.3, -0.25) is 9.78 Å². The molecule has 0 unspecified atom stereocenters. The molecule has 6 heteroatoms. The molecule has 2 fully saturated rings. The van der Waals surface area contributed by atoms with Crippen molar-refractivity contribution in [2.45, 2.75) is 31.9 Å². The third kappa shape index (κ3) is 2.09. The highest BCUT2D eigenvalue weighted by Crippen LogP contribution is 2.43. The highest BCUT2D eigenvalue weighted by Gasteiger charge is 2.54. The van der Waals surface area contributed by atoms with Gasteiger partial charge in [-0.05, 0) is 26.3 Å². The lowest BCUT2D eigenvalue weighted by Gasteiger charge is -2.51. The number of aromatic nitrogens is 1. The van der Waals surface area contributed by atoms with Gasteiger partial charge in [0.2, 0.25) is 5.91 Å². The van der Waals surface area contributed by atoms with E-state index in [1.807, 2.05) is 6.92 Å². The summed E-state index contributed by atoms with van der Waals surface area (Å²) in [4.78, 5) is 18.2. The Morgan fingerprint density at radius 1 is 1.59 bits per heavy atom. The minimum atomic E-state index is -0.926. The Morgan fingerprint density at radius 3 is 3.05 bits per heavy atom. The van der Waals surface area contributed by atoms with Gasteiger partial charge in [0.25, 0.3) is 0 Å². The van der Waals surface area contributed by atoms with Crippen LogP contribution in [0.1, 0.15) is 24.6 Å². The Labute approximate surface area is 129 Å². The number of halogens is 1. The summed E-state index contributed by atoms with van der Waals surface area (Å²) in [6.45, 7) is 7.82. The molecule has 0 spiro atoms. The summed E-state index contributed by atoms with van der Waals surface area (Å²) in [7, 11) is 1.68. The molecule has 2 aliphatic heterocycles. The van der Waals surface area contributed by atoms with Crippen molar-refractivity contribution in [3.8, 4) is 0 Å². The maximum absolute atomic E-state index is 14.5. The summed E-state index contributed by atoms with van der Waals surface area (Å²) < 4.78 is 20.2. The predicted octanol–water partition coefficient (Wildman–Crippen LogP) is 1.68. The van der Waals surface area contributed by atoms with Crippen LogP contribution in [0.15, 0.2) is 24.7 Å². The van der Waals surface area contributed by atoms with E-state index in [0.29, 0.717) is 23.5 Å². The molecule has 0 aromatic carbocycles. The molecular formula is C16H20FN3O2. The number of hydrogen-bond donors (Lipinski definition) is 1. The van der Waals surface area contributed by atoms with Crippen LogP contribution in [-0.4, -0.2) is 35.5 Å². The molecule has 1 aromatic rings. The largest absolute Gasteiger partial charge is 0.376 e. The maximum Gasteiger partial charge on any atom is 0.233 e. The van der Waals surface area contributed by atoms with Crippen molar-refractivity contribution in [3.05, 3.63) is 41.7 Å². The van der Waals surface area contributed by atoms with E-state index < -0.39 is 17.3 Å². The van der Waals surface area contributed by atoms with Crippen LogP contribution in [0.25, 0.3) is 0 Å². The van der Waals surface area contributed by atoms with Gasteiger partial charge in [-0.1, -0.05) is 6.58 Å². The van der Waals surface area contributed by atoms with Crippen molar-refractivity contribution in [2.75, 3.05) is 13.7 Å². The van der Waals surface area contributed by atoms with Crippen molar-refractivity contribution in [1.29, 1.82) is 0 Å². The van der Waals surface area contributed by atoms with Gasteiger partial charge in [-0.2, -0.15) is 0 Å². The maximum atomic E-state index is 14.5. The summed E-state index contributed by atoms with van der Waals surface area (Å²) in [5.74, 6) is -0.449. The van der Waals surface area contributed by atoms with Crippen LogP contribution in [0.4, 0.5) is 4.39 Å². The number of ether oxygens (including phenoxy) is 1. The molecular weight excluding hydrogens is 285 g/mol. The van der Waals surface area contributed by atoms with E-state index in [4.69, 9.17) is 4.74 Å². The molecule has 0 saturated carbocycles. The van der Waals surface area contributed by atoms with E-state index >= 15 is 0 Å². The standard InChI is InChI=1S/C16H20FN3O2/c1-9-5-12(14(17)7-18-9)16-8-22-10(2)6-13(16)15(21)20(4)11(3)19-16/h5,7,10,13,19H,3,6,8H2,1-2,4H3/t10-,13-,16+/m0/s1.